The Balaban J connectivity index is 2.53. The van der Waals surface area contributed by atoms with Gasteiger partial charge in [-0.15, -0.1) is 0 Å². The van der Waals surface area contributed by atoms with Gasteiger partial charge in [0.1, 0.15) is 0 Å². The molecule has 7 heteroatoms. The lowest BCUT2D eigenvalue weighted by molar-refractivity contribution is -0.128. The summed E-state index contributed by atoms with van der Waals surface area (Å²) in [6, 6.07) is 6.07. The highest BCUT2D eigenvalue weighted by Gasteiger charge is 2.07. The van der Waals surface area contributed by atoms with Crippen molar-refractivity contribution in [1.82, 2.24) is 4.90 Å². The Morgan fingerprint density at radius 2 is 1.83 bits per heavy atom. The van der Waals surface area contributed by atoms with Crippen LogP contribution in [0.15, 0.2) is 29.2 Å². The predicted octanol–water partition coefficient (Wildman–Crippen LogP) is 0.224. The van der Waals surface area contributed by atoms with Gasteiger partial charge in [0, 0.05) is 32.7 Å². The summed E-state index contributed by atoms with van der Waals surface area (Å²) in [5.41, 5.74) is 0.744. The van der Waals surface area contributed by atoms with Gasteiger partial charge < -0.3 is 10.2 Å². The molecular formula is C11H17N3O3S. The number of benzene rings is 1. The largest absolute Gasteiger partial charge is 0.385 e. The van der Waals surface area contributed by atoms with Crippen molar-refractivity contribution in [3.63, 3.8) is 0 Å². The Morgan fingerprint density at radius 1 is 1.28 bits per heavy atom. The first-order valence-corrected chi connectivity index (χ1v) is 6.92. The number of nitrogens with zero attached hydrogens (tertiary/aromatic N) is 1. The zero-order valence-corrected chi connectivity index (χ0v) is 11.2. The second-order valence-electron chi connectivity index (χ2n) is 4.03. The fraction of sp³-hybridized carbons (Fsp3) is 0.364. The maximum absolute atomic E-state index is 11.3. The summed E-state index contributed by atoms with van der Waals surface area (Å²) in [6.07, 6.45) is 0.379. The average molecular weight is 271 g/mol. The zero-order valence-electron chi connectivity index (χ0n) is 10.4. The number of amides is 1. The van der Waals surface area contributed by atoms with Gasteiger partial charge in [-0.3, -0.25) is 4.79 Å². The first-order valence-electron chi connectivity index (χ1n) is 5.37. The first kappa shape index (κ1) is 14.5. The highest BCUT2D eigenvalue weighted by atomic mass is 32.2. The van der Waals surface area contributed by atoms with Gasteiger partial charge in [0.2, 0.25) is 15.9 Å². The van der Waals surface area contributed by atoms with E-state index in [4.69, 9.17) is 5.14 Å². The highest BCUT2D eigenvalue weighted by Crippen LogP contribution is 2.12. The molecule has 0 bridgehead atoms. The molecule has 0 radical (unpaired) electrons. The molecular weight excluding hydrogens is 254 g/mol. The summed E-state index contributed by atoms with van der Waals surface area (Å²) >= 11 is 0. The molecule has 0 atom stereocenters. The molecule has 0 spiro atoms. The smallest absolute Gasteiger partial charge is 0.238 e. The van der Waals surface area contributed by atoms with Crippen LogP contribution in [0.4, 0.5) is 5.69 Å². The molecule has 0 aliphatic rings. The van der Waals surface area contributed by atoms with E-state index in [1.165, 1.54) is 17.0 Å². The topological polar surface area (TPSA) is 92.5 Å². The van der Waals surface area contributed by atoms with Crippen molar-refractivity contribution in [1.29, 1.82) is 0 Å². The Morgan fingerprint density at radius 3 is 2.28 bits per heavy atom. The SMILES string of the molecule is CN(C)C(=O)CCNc1ccc(S(N)(=O)=O)cc1. The standard InChI is InChI=1S/C11H17N3O3S/c1-14(2)11(15)7-8-13-9-3-5-10(6-4-9)18(12,16)17/h3-6,13H,7-8H2,1-2H3,(H2,12,16,17). The Labute approximate surface area is 107 Å². The molecule has 100 valence electrons. The lowest BCUT2D eigenvalue weighted by Gasteiger charge is -2.11. The van der Waals surface area contributed by atoms with Crippen molar-refractivity contribution < 1.29 is 13.2 Å². The Kier molecular flexibility index (Phi) is 4.69. The molecule has 0 saturated carbocycles. The third kappa shape index (κ3) is 4.34. The van der Waals surface area contributed by atoms with Crippen LogP contribution in [0, 0.1) is 0 Å². The van der Waals surface area contributed by atoms with Crippen molar-refractivity contribution in [2.45, 2.75) is 11.3 Å². The third-order valence-corrected chi connectivity index (χ3v) is 3.28. The average Bonchev–Trinajstić information content (AvgIpc) is 2.28. The maximum Gasteiger partial charge on any atom is 0.238 e. The van der Waals surface area contributed by atoms with Crippen LogP contribution in [0.25, 0.3) is 0 Å². The molecule has 1 amide bonds. The normalized spacial score (nSPS) is 11.1. The van der Waals surface area contributed by atoms with E-state index in [2.05, 4.69) is 5.32 Å². The summed E-state index contributed by atoms with van der Waals surface area (Å²) < 4.78 is 22.1. The van der Waals surface area contributed by atoms with Crippen LogP contribution in [-0.2, 0) is 14.8 Å². The molecule has 0 aliphatic heterocycles. The van der Waals surface area contributed by atoms with Gasteiger partial charge in [-0.1, -0.05) is 0 Å². The second-order valence-corrected chi connectivity index (χ2v) is 5.60. The molecule has 18 heavy (non-hydrogen) atoms. The van der Waals surface area contributed by atoms with Crippen LogP contribution in [-0.4, -0.2) is 39.9 Å². The van der Waals surface area contributed by atoms with Crippen LogP contribution in [0.2, 0.25) is 0 Å². The van der Waals surface area contributed by atoms with Crippen LogP contribution in [0.5, 0.6) is 0 Å². The van der Waals surface area contributed by atoms with E-state index in [0.717, 1.165) is 5.69 Å². The fourth-order valence-corrected chi connectivity index (χ4v) is 1.82. The van der Waals surface area contributed by atoms with Gasteiger partial charge >= 0.3 is 0 Å². The number of carbonyl (C=O) groups is 1. The summed E-state index contributed by atoms with van der Waals surface area (Å²) in [7, 11) is -0.258. The van der Waals surface area contributed by atoms with Crippen molar-refractivity contribution >= 4 is 21.6 Å². The number of sulfonamides is 1. The molecule has 0 saturated heterocycles. The number of nitrogens with two attached hydrogens (primary N) is 1. The van der Waals surface area contributed by atoms with E-state index in [0.29, 0.717) is 13.0 Å². The molecule has 3 N–H and O–H groups in total. The number of anilines is 1. The molecule has 0 heterocycles. The minimum Gasteiger partial charge on any atom is -0.385 e. The molecule has 1 aromatic carbocycles. The second kappa shape index (κ2) is 5.83. The van der Waals surface area contributed by atoms with Crippen molar-refractivity contribution in [3.8, 4) is 0 Å². The minimum atomic E-state index is -3.65. The molecule has 0 fully saturated rings. The maximum atomic E-state index is 11.3. The minimum absolute atomic E-state index is 0.0312. The van der Waals surface area contributed by atoms with Gasteiger partial charge in [-0.25, -0.2) is 13.6 Å². The number of carbonyl (C=O) groups excluding carboxylic acids is 1. The van der Waals surface area contributed by atoms with Gasteiger partial charge in [-0.2, -0.15) is 0 Å². The molecule has 0 aliphatic carbocycles. The van der Waals surface area contributed by atoms with E-state index in [-0.39, 0.29) is 10.8 Å². The third-order valence-electron chi connectivity index (χ3n) is 2.35. The van der Waals surface area contributed by atoms with Crippen molar-refractivity contribution in [2.75, 3.05) is 26.0 Å². The predicted molar refractivity (Wildman–Crippen MR) is 69.6 cm³/mol. The van der Waals surface area contributed by atoms with E-state index in [1.54, 1.807) is 26.2 Å². The van der Waals surface area contributed by atoms with Crippen LogP contribution in [0.3, 0.4) is 0 Å². The molecule has 6 nitrogen and oxygen atoms in total. The van der Waals surface area contributed by atoms with E-state index in [9.17, 15) is 13.2 Å². The fourth-order valence-electron chi connectivity index (χ4n) is 1.30. The quantitative estimate of drug-likeness (QED) is 0.801. The van der Waals surface area contributed by atoms with E-state index >= 15 is 0 Å². The number of rotatable bonds is 5. The van der Waals surface area contributed by atoms with Gasteiger partial charge in [0.15, 0.2) is 0 Å². The van der Waals surface area contributed by atoms with E-state index < -0.39 is 10.0 Å². The molecule has 1 rings (SSSR count). The lowest BCUT2D eigenvalue weighted by atomic mass is 10.3. The van der Waals surface area contributed by atoms with Gasteiger partial charge in [0.05, 0.1) is 4.90 Å². The van der Waals surface area contributed by atoms with Crippen molar-refractivity contribution in [3.05, 3.63) is 24.3 Å². The molecule has 0 aromatic heterocycles. The van der Waals surface area contributed by atoms with E-state index in [1.807, 2.05) is 0 Å². The number of hydrogen-bond donors (Lipinski definition) is 2. The summed E-state index contributed by atoms with van der Waals surface area (Å²) in [5, 5.41) is 8.01. The van der Waals surface area contributed by atoms with Crippen molar-refractivity contribution in [2.24, 2.45) is 5.14 Å². The summed E-state index contributed by atoms with van der Waals surface area (Å²) in [4.78, 5) is 12.9. The first-order chi connectivity index (χ1) is 8.30. The van der Waals surface area contributed by atoms with Gasteiger partial charge in [0.25, 0.3) is 0 Å². The highest BCUT2D eigenvalue weighted by molar-refractivity contribution is 7.89. The van der Waals surface area contributed by atoms with Crippen LogP contribution >= 0.6 is 0 Å². The van der Waals surface area contributed by atoms with Gasteiger partial charge in [-0.05, 0) is 24.3 Å². The number of primary sulfonamides is 1. The molecule has 1 aromatic rings. The summed E-state index contributed by atoms with van der Waals surface area (Å²) in [5.74, 6) is 0.0312. The number of nitrogens with one attached hydrogen (secondary N) is 1. The Bertz CT molecular complexity index is 509. The Hall–Kier alpha value is -1.60. The molecule has 0 unspecified atom stereocenters. The lowest BCUT2D eigenvalue weighted by Crippen LogP contribution is -2.23. The monoisotopic (exact) mass is 271 g/mol. The zero-order chi connectivity index (χ0) is 13.8. The summed E-state index contributed by atoms with van der Waals surface area (Å²) in [6.45, 7) is 0.492. The van der Waals surface area contributed by atoms with Crippen LogP contribution < -0.4 is 10.5 Å². The number of hydrogen-bond acceptors (Lipinski definition) is 4. The van der Waals surface area contributed by atoms with Crippen LogP contribution in [0.1, 0.15) is 6.42 Å².